The molecule has 1 heterocycles. The van der Waals surface area contributed by atoms with Crippen LogP contribution in [0.1, 0.15) is 58.4 Å². The van der Waals surface area contributed by atoms with Crippen LogP contribution in [0.4, 0.5) is 5.69 Å². The Balaban J connectivity index is 2.32. The van der Waals surface area contributed by atoms with Gasteiger partial charge in [0.1, 0.15) is 6.54 Å². The number of nitrogens with zero attached hydrogens (tertiary/aromatic N) is 1. The van der Waals surface area contributed by atoms with Crippen molar-refractivity contribution in [2.24, 2.45) is 0 Å². The first-order chi connectivity index (χ1) is 12.2. The largest absolute Gasteiger partial charge is 0.481 e. The first-order valence-corrected chi connectivity index (χ1v) is 10.6. The number of carboxylic acids is 1. The second kappa shape index (κ2) is 8.03. The predicted octanol–water partition coefficient (Wildman–Crippen LogP) is 3.57. The van der Waals surface area contributed by atoms with Gasteiger partial charge in [-0.15, -0.1) is 0 Å². The molecular weight excluding hydrogens is 353 g/mol. The summed E-state index contributed by atoms with van der Waals surface area (Å²) in [5, 5.41) is 9.08. The average molecular weight is 382 g/mol. The molecule has 2 atom stereocenters. The first-order valence-electron chi connectivity index (χ1n) is 9.04. The molecule has 0 fully saturated rings. The van der Waals surface area contributed by atoms with Crippen molar-refractivity contribution in [1.82, 2.24) is 0 Å². The molecule has 0 spiro atoms. The fourth-order valence-corrected chi connectivity index (χ4v) is 4.58. The Morgan fingerprint density at radius 1 is 1.31 bits per heavy atom. The van der Waals surface area contributed by atoms with Crippen molar-refractivity contribution < 1.29 is 28.5 Å². The third-order valence-corrected chi connectivity index (χ3v) is 6.95. The maximum Gasteiger partial charge on any atom is 0.358 e. The molecule has 0 aromatic heterocycles. The van der Waals surface area contributed by atoms with Crippen LogP contribution in [-0.4, -0.2) is 39.9 Å². The van der Waals surface area contributed by atoms with Gasteiger partial charge in [0.2, 0.25) is 5.69 Å². The normalized spacial score (nSPS) is 21.6. The number of aliphatic carboxylic acids is 1. The molecule has 2 rings (SSSR count). The fraction of sp³-hybridized carbons (Fsp3) is 0.579. The summed E-state index contributed by atoms with van der Waals surface area (Å²) in [6, 6.07) is 5.36. The molecule has 1 aliphatic rings. The molecule has 0 amide bonds. The van der Waals surface area contributed by atoms with Crippen LogP contribution >= 0.6 is 7.60 Å². The topological polar surface area (TPSA) is 86.8 Å². The first kappa shape index (κ1) is 20.8. The van der Waals surface area contributed by atoms with Gasteiger partial charge in [-0.05, 0) is 38.8 Å². The number of rotatable bonds is 9. The summed E-state index contributed by atoms with van der Waals surface area (Å²) < 4.78 is 19.3. The lowest BCUT2D eigenvalue weighted by molar-refractivity contribution is -0.434. The predicted molar refractivity (Wildman–Crippen MR) is 102 cm³/mol. The quantitative estimate of drug-likeness (QED) is 0.387. The lowest BCUT2D eigenvalue weighted by Crippen LogP contribution is -2.30. The second-order valence-electron chi connectivity index (χ2n) is 7.02. The summed E-state index contributed by atoms with van der Waals surface area (Å²) in [4.78, 5) is 20.7. The highest BCUT2D eigenvalue weighted by Crippen LogP contribution is 2.46. The van der Waals surface area contributed by atoms with Gasteiger partial charge in [0, 0.05) is 32.1 Å². The van der Waals surface area contributed by atoms with Gasteiger partial charge in [-0.1, -0.05) is 12.8 Å². The van der Waals surface area contributed by atoms with Crippen LogP contribution in [0.5, 0.6) is 0 Å². The van der Waals surface area contributed by atoms with E-state index >= 15 is 0 Å². The van der Waals surface area contributed by atoms with E-state index in [1.54, 1.807) is 12.1 Å². The van der Waals surface area contributed by atoms with E-state index in [0.29, 0.717) is 11.7 Å². The Morgan fingerprint density at radius 3 is 2.58 bits per heavy atom. The molecule has 26 heavy (non-hydrogen) atoms. The van der Waals surface area contributed by atoms with Crippen LogP contribution in [0.25, 0.3) is 0 Å². The van der Waals surface area contributed by atoms with E-state index < -0.39 is 13.6 Å². The summed E-state index contributed by atoms with van der Waals surface area (Å²) in [5.41, 5.74) is 3.09. The minimum Gasteiger partial charge on any atom is -0.481 e. The number of carbonyl (C=O) groups is 1. The molecule has 1 aromatic rings. The fourth-order valence-electron chi connectivity index (χ4n) is 3.81. The van der Waals surface area contributed by atoms with E-state index in [1.165, 1.54) is 12.8 Å². The van der Waals surface area contributed by atoms with E-state index in [2.05, 4.69) is 25.3 Å². The smallest absolute Gasteiger partial charge is 0.358 e. The molecule has 7 heteroatoms. The molecule has 0 bridgehead atoms. The zero-order chi connectivity index (χ0) is 19.5. The number of benzene rings is 1. The standard InChI is InChI=1S/C19H28NO5P/c1-5-20-14(2)19(3,12-8-6-7-9-18(21)22)16-13-15(10-11-17(16)20)26(23,24)25-4/h10-11,13H,5-9,12H2,1-4H3,(H-,21,22,23,24)/p+1. The van der Waals surface area contributed by atoms with Gasteiger partial charge in [0.05, 0.1) is 10.7 Å². The highest BCUT2D eigenvalue weighted by molar-refractivity contribution is 7.61. The van der Waals surface area contributed by atoms with Crippen molar-refractivity contribution in [3.63, 3.8) is 0 Å². The van der Waals surface area contributed by atoms with Crippen molar-refractivity contribution in [1.29, 1.82) is 0 Å². The summed E-state index contributed by atoms with van der Waals surface area (Å²) in [5.74, 6) is -0.759. The van der Waals surface area contributed by atoms with Crippen molar-refractivity contribution >= 4 is 30.3 Å². The summed E-state index contributed by atoms with van der Waals surface area (Å²) in [6.45, 7) is 7.18. The Kier molecular flexibility index (Phi) is 6.43. The molecule has 0 radical (unpaired) electrons. The molecule has 2 N–H and O–H groups in total. The van der Waals surface area contributed by atoms with Gasteiger partial charge < -0.3 is 14.5 Å². The zero-order valence-corrected chi connectivity index (χ0v) is 16.9. The Hall–Kier alpha value is -1.49. The summed E-state index contributed by atoms with van der Waals surface area (Å²) in [6.07, 6.45) is 3.50. The average Bonchev–Trinajstić information content (AvgIpc) is 2.81. The number of fused-ring (bicyclic) bond motifs is 1. The molecule has 2 unspecified atom stereocenters. The zero-order valence-electron chi connectivity index (χ0n) is 16.0. The molecule has 1 aromatic carbocycles. The minimum atomic E-state index is -3.80. The van der Waals surface area contributed by atoms with E-state index in [0.717, 1.165) is 37.1 Å². The van der Waals surface area contributed by atoms with E-state index in [9.17, 15) is 14.3 Å². The van der Waals surface area contributed by atoms with Crippen molar-refractivity contribution in [2.75, 3.05) is 13.7 Å². The van der Waals surface area contributed by atoms with Gasteiger partial charge in [0.25, 0.3) is 0 Å². The third kappa shape index (κ3) is 3.93. The van der Waals surface area contributed by atoms with E-state index in [-0.39, 0.29) is 11.8 Å². The van der Waals surface area contributed by atoms with E-state index in [4.69, 9.17) is 9.63 Å². The lowest BCUT2D eigenvalue weighted by Gasteiger charge is -2.23. The van der Waals surface area contributed by atoms with Crippen molar-refractivity contribution in [3.8, 4) is 0 Å². The molecule has 1 aliphatic heterocycles. The molecule has 0 saturated carbocycles. The highest BCUT2D eigenvalue weighted by atomic mass is 31.2. The molecule has 0 saturated heterocycles. The molecule has 6 nitrogen and oxygen atoms in total. The van der Waals surface area contributed by atoms with Crippen LogP contribution in [0.2, 0.25) is 0 Å². The Morgan fingerprint density at radius 2 is 2.00 bits per heavy atom. The van der Waals surface area contributed by atoms with Gasteiger partial charge in [0.15, 0.2) is 5.71 Å². The minimum absolute atomic E-state index is 0.197. The van der Waals surface area contributed by atoms with Gasteiger partial charge >= 0.3 is 13.6 Å². The maximum absolute atomic E-state index is 12.2. The molecular formula is C19H29NO5P+. The van der Waals surface area contributed by atoms with Gasteiger partial charge in [-0.3, -0.25) is 9.36 Å². The summed E-state index contributed by atoms with van der Waals surface area (Å²) in [7, 11) is -2.56. The third-order valence-electron chi connectivity index (χ3n) is 5.53. The number of hydrogen-bond acceptors (Lipinski definition) is 3. The van der Waals surface area contributed by atoms with Crippen LogP contribution in [-0.2, 0) is 19.3 Å². The number of carboxylic acid groups (broad SMARTS) is 1. The van der Waals surface area contributed by atoms with Crippen molar-refractivity contribution in [2.45, 2.75) is 58.3 Å². The number of unbranched alkanes of at least 4 members (excludes halogenated alkanes) is 2. The molecule has 144 valence electrons. The van der Waals surface area contributed by atoms with Crippen LogP contribution in [0.15, 0.2) is 18.2 Å². The number of hydrogen-bond donors (Lipinski definition) is 2. The Labute approximate surface area is 155 Å². The van der Waals surface area contributed by atoms with Crippen LogP contribution < -0.4 is 5.30 Å². The lowest BCUT2D eigenvalue weighted by atomic mass is 9.76. The van der Waals surface area contributed by atoms with Crippen molar-refractivity contribution in [3.05, 3.63) is 23.8 Å². The highest BCUT2D eigenvalue weighted by Gasteiger charge is 2.46. The van der Waals surface area contributed by atoms with Crippen LogP contribution in [0.3, 0.4) is 0 Å². The monoisotopic (exact) mass is 382 g/mol. The van der Waals surface area contributed by atoms with Gasteiger partial charge in [-0.2, -0.15) is 4.58 Å². The van der Waals surface area contributed by atoms with E-state index in [1.807, 2.05) is 6.07 Å². The van der Waals surface area contributed by atoms with Gasteiger partial charge in [-0.25, -0.2) is 0 Å². The second-order valence-corrected chi connectivity index (χ2v) is 8.94. The maximum atomic E-state index is 12.2. The van der Waals surface area contributed by atoms with Crippen LogP contribution in [0, 0.1) is 0 Å². The summed E-state index contributed by atoms with van der Waals surface area (Å²) >= 11 is 0. The molecule has 0 aliphatic carbocycles. The SMILES string of the molecule is CC[N+]1=C(C)C(C)(CCCCCC(=O)O)c2cc(P(=O)(O)OC)ccc21. The Bertz CT molecular complexity index is 773.